The lowest BCUT2D eigenvalue weighted by Crippen LogP contribution is -2.40. The second-order valence-electron chi connectivity index (χ2n) is 6.26. The predicted molar refractivity (Wildman–Crippen MR) is 112 cm³/mol. The van der Waals surface area contributed by atoms with Crippen LogP contribution in [0.2, 0.25) is 0 Å². The van der Waals surface area contributed by atoms with Gasteiger partial charge < -0.3 is 16.0 Å². The minimum atomic E-state index is -3.07. The third kappa shape index (κ3) is 8.10. The molecule has 0 aliphatic carbocycles. The van der Waals surface area contributed by atoms with E-state index in [1.54, 1.807) is 42.5 Å². The van der Waals surface area contributed by atoms with Gasteiger partial charge in [0.15, 0.2) is 9.84 Å². The van der Waals surface area contributed by atoms with E-state index < -0.39 is 9.84 Å². The van der Waals surface area contributed by atoms with E-state index in [9.17, 15) is 18.0 Å². The molecule has 0 heterocycles. The van der Waals surface area contributed by atoms with Crippen LogP contribution in [0.5, 0.6) is 0 Å². The molecule has 0 radical (unpaired) electrons. The Morgan fingerprint density at radius 1 is 0.929 bits per heavy atom. The van der Waals surface area contributed by atoms with Crippen LogP contribution in [-0.4, -0.2) is 39.7 Å². The summed E-state index contributed by atoms with van der Waals surface area (Å²) in [6.45, 7) is 0.910. The molecule has 0 aliphatic heterocycles. The summed E-state index contributed by atoms with van der Waals surface area (Å²) in [6, 6.07) is 13.7. The number of carbonyl (C=O) groups excluding carboxylic acids is 2. The molecule has 0 saturated carbocycles. The summed E-state index contributed by atoms with van der Waals surface area (Å²) in [4.78, 5) is 23.8. The van der Waals surface area contributed by atoms with Crippen molar-refractivity contribution in [3.05, 3.63) is 69.7 Å². The van der Waals surface area contributed by atoms with Crippen LogP contribution in [-0.2, 0) is 22.1 Å². The number of hydrogen-bond acceptors (Lipinski definition) is 4. The minimum absolute atomic E-state index is 0.00709. The monoisotopic (exact) mass is 467 g/mol. The lowest BCUT2D eigenvalue weighted by molar-refractivity contribution is 0.0953. The van der Waals surface area contributed by atoms with E-state index >= 15 is 0 Å². The molecule has 3 N–H and O–H groups in total. The molecular formula is C19H22BrN3O4S. The molecule has 0 aromatic heterocycles. The molecule has 0 spiro atoms. The van der Waals surface area contributed by atoms with Gasteiger partial charge in [0.2, 0.25) is 0 Å². The van der Waals surface area contributed by atoms with Crippen molar-refractivity contribution in [3.63, 3.8) is 0 Å². The van der Waals surface area contributed by atoms with Crippen molar-refractivity contribution in [2.24, 2.45) is 0 Å². The van der Waals surface area contributed by atoms with E-state index in [2.05, 4.69) is 31.9 Å². The van der Waals surface area contributed by atoms with Crippen LogP contribution >= 0.6 is 15.9 Å². The summed E-state index contributed by atoms with van der Waals surface area (Å²) in [5.41, 5.74) is 2.10. The zero-order chi connectivity index (χ0) is 20.6. The highest BCUT2D eigenvalue weighted by Crippen LogP contribution is 2.11. The average Bonchev–Trinajstić information content (AvgIpc) is 2.63. The predicted octanol–water partition coefficient (Wildman–Crippen LogP) is 2.22. The number of halogens is 1. The molecule has 0 saturated heterocycles. The number of urea groups is 1. The van der Waals surface area contributed by atoms with Crippen LogP contribution in [0.25, 0.3) is 0 Å². The van der Waals surface area contributed by atoms with E-state index in [0.717, 1.165) is 10.0 Å². The number of carbonyl (C=O) groups is 2. The molecule has 0 fully saturated rings. The maximum absolute atomic E-state index is 12.0. The summed E-state index contributed by atoms with van der Waals surface area (Å²) in [7, 11) is -3.07. The topological polar surface area (TPSA) is 104 Å². The van der Waals surface area contributed by atoms with E-state index in [0.29, 0.717) is 30.8 Å². The molecule has 0 aliphatic rings. The van der Waals surface area contributed by atoms with E-state index in [4.69, 9.17) is 0 Å². The Bertz CT molecular complexity index is 930. The summed E-state index contributed by atoms with van der Waals surface area (Å²) < 4.78 is 23.4. The van der Waals surface area contributed by atoms with Gasteiger partial charge in [-0.1, -0.05) is 46.3 Å². The van der Waals surface area contributed by atoms with Crippen LogP contribution < -0.4 is 16.0 Å². The summed E-state index contributed by atoms with van der Waals surface area (Å²) in [5.74, 6) is -0.218. The number of nitrogens with one attached hydrogen (secondary N) is 3. The Morgan fingerprint density at radius 2 is 1.57 bits per heavy atom. The zero-order valence-electron chi connectivity index (χ0n) is 15.4. The van der Waals surface area contributed by atoms with Crippen molar-refractivity contribution >= 4 is 37.7 Å². The summed E-state index contributed by atoms with van der Waals surface area (Å²) in [5, 5.41) is 8.10. The molecule has 2 aromatic carbocycles. The molecule has 150 valence electrons. The SMILES string of the molecule is CS(=O)(=O)Cc1ccc(CNC(=O)NCCNC(=O)c2cccc(Br)c2)cc1. The highest BCUT2D eigenvalue weighted by molar-refractivity contribution is 9.10. The number of rotatable bonds is 8. The van der Waals surface area contributed by atoms with Crippen LogP contribution in [0, 0.1) is 0 Å². The van der Waals surface area contributed by atoms with Gasteiger partial charge in [-0.25, -0.2) is 13.2 Å². The number of sulfone groups is 1. The van der Waals surface area contributed by atoms with Crippen molar-refractivity contribution in [1.82, 2.24) is 16.0 Å². The highest BCUT2D eigenvalue weighted by atomic mass is 79.9. The molecule has 0 unspecified atom stereocenters. The molecule has 7 nitrogen and oxygen atoms in total. The normalized spacial score (nSPS) is 10.9. The molecule has 0 bridgehead atoms. The van der Waals surface area contributed by atoms with E-state index in [1.165, 1.54) is 6.26 Å². The molecule has 2 rings (SSSR count). The van der Waals surface area contributed by atoms with Gasteiger partial charge in [-0.05, 0) is 29.3 Å². The Labute approximate surface area is 173 Å². The van der Waals surface area contributed by atoms with Crippen molar-refractivity contribution < 1.29 is 18.0 Å². The second-order valence-corrected chi connectivity index (χ2v) is 9.32. The Balaban J connectivity index is 1.66. The lowest BCUT2D eigenvalue weighted by Gasteiger charge is -2.09. The van der Waals surface area contributed by atoms with Gasteiger partial charge in [-0.3, -0.25) is 4.79 Å². The van der Waals surface area contributed by atoms with Gasteiger partial charge in [0.1, 0.15) is 0 Å². The fourth-order valence-corrected chi connectivity index (χ4v) is 3.58. The van der Waals surface area contributed by atoms with Gasteiger partial charge in [0.05, 0.1) is 5.75 Å². The fraction of sp³-hybridized carbons (Fsp3) is 0.263. The van der Waals surface area contributed by atoms with Crippen molar-refractivity contribution in [3.8, 4) is 0 Å². The Hall–Kier alpha value is -2.39. The fourth-order valence-electron chi connectivity index (χ4n) is 2.38. The molecule has 2 aromatic rings. The molecule has 9 heteroatoms. The van der Waals surface area contributed by atoms with Crippen LogP contribution in [0.4, 0.5) is 4.79 Å². The number of benzene rings is 2. The maximum Gasteiger partial charge on any atom is 0.315 e. The number of amides is 3. The summed E-state index contributed by atoms with van der Waals surface area (Å²) >= 11 is 3.31. The lowest BCUT2D eigenvalue weighted by atomic mass is 10.1. The highest BCUT2D eigenvalue weighted by Gasteiger charge is 2.06. The largest absolute Gasteiger partial charge is 0.350 e. The summed E-state index contributed by atoms with van der Waals surface area (Å²) in [6.07, 6.45) is 1.19. The maximum atomic E-state index is 12.0. The smallest absolute Gasteiger partial charge is 0.315 e. The van der Waals surface area contributed by atoms with Crippen molar-refractivity contribution in [1.29, 1.82) is 0 Å². The van der Waals surface area contributed by atoms with Crippen LogP contribution in [0.15, 0.2) is 53.0 Å². The van der Waals surface area contributed by atoms with Gasteiger partial charge >= 0.3 is 6.03 Å². The molecular weight excluding hydrogens is 446 g/mol. The van der Waals surface area contributed by atoms with E-state index in [1.807, 2.05) is 6.07 Å². The molecule has 3 amide bonds. The van der Waals surface area contributed by atoms with Gasteiger partial charge in [0.25, 0.3) is 5.91 Å². The third-order valence-corrected chi connectivity index (χ3v) is 5.04. The first kappa shape index (κ1) is 21.9. The third-order valence-electron chi connectivity index (χ3n) is 3.69. The molecule has 28 heavy (non-hydrogen) atoms. The Kier molecular flexibility index (Phi) is 8.01. The standard InChI is InChI=1S/C19H22BrN3O4S/c1-28(26,27)13-15-7-5-14(6-8-15)12-23-19(25)22-10-9-21-18(24)16-3-2-4-17(20)11-16/h2-8,11H,9-10,12-13H2,1H3,(H,21,24)(H2,22,23,25). The van der Waals surface area contributed by atoms with Crippen LogP contribution in [0.1, 0.15) is 21.5 Å². The Morgan fingerprint density at radius 3 is 2.21 bits per heavy atom. The average molecular weight is 468 g/mol. The minimum Gasteiger partial charge on any atom is -0.350 e. The first-order chi connectivity index (χ1) is 13.2. The van der Waals surface area contributed by atoms with Gasteiger partial charge in [-0.2, -0.15) is 0 Å². The quantitative estimate of drug-likeness (QED) is 0.517. The van der Waals surface area contributed by atoms with Gasteiger partial charge in [-0.15, -0.1) is 0 Å². The van der Waals surface area contributed by atoms with Gasteiger partial charge in [0, 0.05) is 35.9 Å². The first-order valence-corrected chi connectivity index (χ1v) is 11.4. The zero-order valence-corrected chi connectivity index (χ0v) is 17.8. The second kappa shape index (κ2) is 10.2. The van der Waals surface area contributed by atoms with Crippen LogP contribution in [0.3, 0.4) is 0 Å². The van der Waals surface area contributed by atoms with Crippen molar-refractivity contribution in [2.45, 2.75) is 12.3 Å². The molecule has 0 atom stereocenters. The van der Waals surface area contributed by atoms with Crippen molar-refractivity contribution in [2.75, 3.05) is 19.3 Å². The number of hydrogen-bond donors (Lipinski definition) is 3. The first-order valence-electron chi connectivity index (χ1n) is 8.54. The van der Waals surface area contributed by atoms with E-state index in [-0.39, 0.29) is 17.7 Å².